The van der Waals surface area contributed by atoms with Gasteiger partial charge in [0, 0.05) is 43.3 Å². The quantitative estimate of drug-likeness (QED) is 0.705. The van der Waals surface area contributed by atoms with Crippen LogP contribution in [0.25, 0.3) is 16.3 Å². The Labute approximate surface area is 161 Å². The van der Waals surface area contributed by atoms with E-state index in [-0.39, 0.29) is 5.91 Å². The molecule has 0 unspecified atom stereocenters. The second kappa shape index (κ2) is 8.43. The van der Waals surface area contributed by atoms with Crippen LogP contribution in [0.5, 0.6) is 0 Å². The molecule has 4 rings (SSSR count). The first-order valence-corrected chi connectivity index (χ1v) is 9.82. The fourth-order valence-corrected chi connectivity index (χ4v) is 3.68. The van der Waals surface area contributed by atoms with Crippen molar-refractivity contribution in [2.75, 3.05) is 39.4 Å². The SMILES string of the molecule is O=C(NCCN1CCOCC1)c1csc(-c2cnn(-c3ccccc3)c2)n1. The number of para-hydroxylation sites is 1. The zero-order valence-corrected chi connectivity index (χ0v) is 15.7. The second-order valence-electron chi connectivity index (χ2n) is 6.26. The molecule has 1 fully saturated rings. The Morgan fingerprint density at radius 3 is 2.85 bits per heavy atom. The molecular weight excluding hydrogens is 362 g/mol. The van der Waals surface area contributed by atoms with E-state index in [1.54, 1.807) is 16.3 Å². The number of nitrogens with one attached hydrogen (secondary N) is 1. The fraction of sp³-hybridized carbons (Fsp3) is 0.316. The minimum Gasteiger partial charge on any atom is -0.379 e. The lowest BCUT2D eigenvalue weighted by Gasteiger charge is -2.26. The van der Waals surface area contributed by atoms with Gasteiger partial charge in [-0.2, -0.15) is 5.10 Å². The number of rotatable bonds is 6. The molecule has 8 heteroatoms. The van der Waals surface area contributed by atoms with Crippen molar-refractivity contribution in [2.45, 2.75) is 0 Å². The Balaban J connectivity index is 1.35. The van der Waals surface area contributed by atoms with Gasteiger partial charge in [-0.1, -0.05) is 18.2 Å². The van der Waals surface area contributed by atoms with Crippen LogP contribution < -0.4 is 5.32 Å². The molecule has 1 saturated heterocycles. The van der Waals surface area contributed by atoms with Gasteiger partial charge >= 0.3 is 0 Å². The summed E-state index contributed by atoms with van der Waals surface area (Å²) in [5.74, 6) is -0.138. The fourth-order valence-electron chi connectivity index (χ4n) is 2.91. The summed E-state index contributed by atoms with van der Waals surface area (Å²) in [5, 5.41) is 9.91. The topological polar surface area (TPSA) is 72.3 Å². The van der Waals surface area contributed by atoms with Gasteiger partial charge in [-0.25, -0.2) is 9.67 Å². The number of morpholine rings is 1. The lowest BCUT2D eigenvalue weighted by molar-refractivity contribution is 0.0383. The summed E-state index contributed by atoms with van der Waals surface area (Å²) in [6, 6.07) is 9.90. The molecular formula is C19H21N5O2S. The van der Waals surface area contributed by atoms with Crippen molar-refractivity contribution in [1.82, 2.24) is 25.0 Å². The maximum atomic E-state index is 12.3. The normalized spacial score (nSPS) is 15.0. The van der Waals surface area contributed by atoms with Crippen molar-refractivity contribution >= 4 is 17.2 Å². The van der Waals surface area contributed by atoms with Gasteiger partial charge in [0.2, 0.25) is 0 Å². The zero-order chi connectivity index (χ0) is 18.5. The lowest BCUT2D eigenvalue weighted by Crippen LogP contribution is -2.41. The molecule has 1 aromatic carbocycles. The van der Waals surface area contributed by atoms with Crippen LogP contribution in [0.2, 0.25) is 0 Å². The molecule has 2 aromatic heterocycles. The minimum atomic E-state index is -0.138. The third-order valence-corrected chi connectivity index (χ3v) is 5.30. The summed E-state index contributed by atoms with van der Waals surface area (Å²) >= 11 is 1.45. The van der Waals surface area contributed by atoms with E-state index >= 15 is 0 Å². The Morgan fingerprint density at radius 1 is 1.22 bits per heavy atom. The van der Waals surface area contributed by atoms with Crippen LogP contribution in [0.1, 0.15) is 10.5 Å². The molecule has 27 heavy (non-hydrogen) atoms. The number of thiazole rings is 1. The smallest absolute Gasteiger partial charge is 0.270 e. The largest absolute Gasteiger partial charge is 0.379 e. The van der Waals surface area contributed by atoms with E-state index in [2.05, 4.69) is 20.3 Å². The standard InChI is InChI=1S/C19H21N5O2S/c25-18(20-6-7-23-8-10-26-11-9-23)17-14-27-19(22-17)15-12-21-24(13-15)16-4-2-1-3-5-16/h1-5,12-14H,6-11H2,(H,20,25). The highest BCUT2D eigenvalue weighted by molar-refractivity contribution is 7.13. The van der Waals surface area contributed by atoms with Crippen molar-refractivity contribution in [3.63, 3.8) is 0 Å². The Morgan fingerprint density at radius 2 is 2.04 bits per heavy atom. The van der Waals surface area contributed by atoms with Gasteiger partial charge in [-0.15, -0.1) is 11.3 Å². The van der Waals surface area contributed by atoms with Gasteiger partial charge < -0.3 is 10.1 Å². The van der Waals surface area contributed by atoms with Gasteiger partial charge in [0.25, 0.3) is 5.91 Å². The van der Waals surface area contributed by atoms with E-state index in [0.29, 0.717) is 12.2 Å². The summed E-state index contributed by atoms with van der Waals surface area (Å²) in [6.45, 7) is 4.80. The third kappa shape index (κ3) is 4.41. The molecule has 3 aromatic rings. The summed E-state index contributed by atoms with van der Waals surface area (Å²) < 4.78 is 7.13. The highest BCUT2D eigenvalue weighted by atomic mass is 32.1. The Hall–Kier alpha value is -2.55. The monoisotopic (exact) mass is 383 g/mol. The van der Waals surface area contributed by atoms with Gasteiger partial charge in [0.1, 0.15) is 10.7 Å². The maximum absolute atomic E-state index is 12.3. The van der Waals surface area contributed by atoms with Crippen molar-refractivity contribution in [1.29, 1.82) is 0 Å². The first kappa shape index (κ1) is 17.8. The lowest BCUT2D eigenvalue weighted by atomic mass is 10.3. The van der Waals surface area contributed by atoms with E-state index in [1.165, 1.54) is 11.3 Å². The van der Waals surface area contributed by atoms with E-state index in [9.17, 15) is 4.79 Å². The van der Waals surface area contributed by atoms with Crippen LogP contribution in [-0.4, -0.2) is 65.0 Å². The maximum Gasteiger partial charge on any atom is 0.270 e. The van der Waals surface area contributed by atoms with Crippen molar-refractivity contribution in [3.05, 3.63) is 53.8 Å². The Bertz CT molecular complexity index is 886. The number of carbonyl (C=O) groups is 1. The highest BCUT2D eigenvalue weighted by Gasteiger charge is 2.14. The molecule has 0 bridgehead atoms. The van der Waals surface area contributed by atoms with Crippen LogP contribution in [0.3, 0.4) is 0 Å². The predicted octanol–water partition coefficient (Wildman–Crippen LogP) is 2.06. The molecule has 0 radical (unpaired) electrons. The highest BCUT2D eigenvalue weighted by Crippen LogP contribution is 2.24. The summed E-state index contributed by atoms with van der Waals surface area (Å²) in [6.07, 6.45) is 3.69. The molecule has 1 amide bonds. The average molecular weight is 383 g/mol. The van der Waals surface area contributed by atoms with Gasteiger partial charge in [-0.3, -0.25) is 9.69 Å². The van der Waals surface area contributed by atoms with Crippen LogP contribution in [0.15, 0.2) is 48.1 Å². The van der Waals surface area contributed by atoms with Gasteiger partial charge in [0.15, 0.2) is 0 Å². The van der Waals surface area contributed by atoms with E-state index in [0.717, 1.165) is 49.1 Å². The van der Waals surface area contributed by atoms with E-state index < -0.39 is 0 Å². The summed E-state index contributed by atoms with van der Waals surface area (Å²) in [7, 11) is 0. The zero-order valence-electron chi connectivity index (χ0n) is 14.9. The molecule has 3 heterocycles. The average Bonchev–Trinajstić information content (AvgIpc) is 3.39. The van der Waals surface area contributed by atoms with E-state index in [4.69, 9.17) is 4.74 Å². The molecule has 140 valence electrons. The van der Waals surface area contributed by atoms with Crippen LogP contribution in [0, 0.1) is 0 Å². The number of aromatic nitrogens is 3. The molecule has 7 nitrogen and oxygen atoms in total. The number of hydrogen-bond acceptors (Lipinski definition) is 6. The second-order valence-corrected chi connectivity index (χ2v) is 7.12. The minimum absolute atomic E-state index is 0.138. The van der Waals surface area contributed by atoms with Crippen molar-refractivity contribution in [2.24, 2.45) is 0 Å². The molecule has 0 aliphatic carbocycles. The number of hydrogen-bond donors (Lipinski definition) is 1. The van der Waals surface area contributed by atoms with Crippen LogP contribution >= 0.6 is 11.3 Å². The molecule has 1 aliphatic heterocycles. The number of amides is 1. The molecule has 0 saturated carbocycles. The third-order valence-electron chi connectivity index (χ3n) is 4.40. The summed E-state index contributed by atoms with van der Waals surface area (Å²) in [4.78, 5) is 19.1. The first-order chi connectivity index (χ1) is 13.3. The van der Waals surface area contributed by atoms with Crippen LogP contribution in [-0.2, 0) is 4.74 Å². The summed E-state index contributed by atoms with van der Waals surface area (Å²) in [5.41, 5.74) is 2.34. The number of carbonyl (C=O) groups excluding carboxylic acids is 1. The number of benzene rings is 1. The van der Waals surface area contributed by atoms with Crippen molar-refractivity contribution < 1.29 is 9.53 Å². The molecule has 0 spiro atoms. The predicted molar refractivity (Wildman–Crippen MR) is 104 cm³/mol. The number of ether oxygens (including phenoxy) is 1. The molecule has 0 atom stereocenters. The van der Waals surface area contributed by atoms with Gasteiger partial charge in [-0.05, 0) is 12.1 Å². The first-order valence-electron chi connectivity index (χ1n) is 8.94. The van der Waals surface area contributed by atoms with Gasteiger partial charge in [0.05, 0.1) is 25.1 Å². The molecule has 1 N–H and O–H groups in total. The number of nitrogens with zero attached hydrogens (tertiary/aromatic N) is 4. The van der Waals surface area contributed by atoms with Crippen LogP contribution in [0.4, 0.5) is 0 Å². The Kier molecular flexibility index (Phi) is 5.57. The van der Waals surface area contributed by atoms with Crippen molar-refractivity contribution in [3.8, 4) is 16.3 Å². The molecule has 1 aliphatic rings. The van der Waals surface area contributed by atoms with E-state index in [1.807, 2.05) is 36.5 Å².